The van der Waals surface area contributed by atoms with Gasteiger partial charge in [0.05, 0.1) is 5.52 Å². The van der Waals surface area contributed by atoms with Crippen molar-refractivity contribution in [3.05, 3.63) is 42.1 Å². The van der Waals surface area contributed by atoms with Gasteiger partial charge in [-0.15, -0.1) is 0 Å². The number of pyridine rings is 1. The highest BCUT2D eigenvalue weighted by Gasteiger charge is 2.23. The van der Waals surface area contributed by atoms with E-state index in [1.165, 1.54) is 0 Å². The molecule has 4 heteroatoms. The van der Waals surface area contributed by atoms with Crippen LogP contribution in [0.1, 0.15) is 23.2 Å². The zero-order valence-corrected chi connectivity index (χ0v) is 12.1. The van der Waals surface area contributed by atoms with E-state index in [2.05, 4.69) is 20.9 Å². The molecule has 0 saturated carbocycles. The van der Waals surface area contributed by atoms with E-state index < -0.39 is 0 Å². The van der Waals surface area contributed by atoms with E-state index in [1.54, 1.807) is 6.20 Å². The minimum atomic E-state index is 0.123. The summed E-state index contributed by atoms with van der Waals surface area (Å²) in [5.41, 5.74) is 1.64. The van der Waals surface area contributed by atoms with Gasteiger partial charge in [0.1, 0.15) is 0 Å². The summed E-state index contributed by atoms with van der Waals surface area (Å²) < 4.78 is 0. The predicted molar refractivity (Wildman–Crippen MR) is 79.6 cm³/mol. The molecule has 0 aliphatic carbocycles. The summed E-state index contributed by atoms with van der Waals surface area (Å²) in [6.07, 6.45) is 3.80. The Bertz CT molecular complexity index is 601. The number of rotatable bonds is 1. The lowest BCUT2D eigenvalue weighted by molar-refractivity contribution is 0.0730. The van der Waals surface area contributed by atoms with Gasteiger partial charge in [0.15, 0.2) is 0 Å². The van der Waals surface area contributed by atoms with Gasteiger partial charge >= 0.3 is 0 Å². The van der Waals surface area contributed by atoms with E-state index in [9.17, 15) is 4.79 Å². The highest BCUT2D eigenvalue weighted by atomic mass is 79.9. The first-order valence-corrected chi connectivity index (χ1v) is 7.44. The molecule has 0 N–H and O–H groups in total. The van der Waals surface area contributed by atoms with Crippen LogP contribution in [0, 0.1) is 0 Å². The van der Waals surface area contributed by atoms with Crippen LogP contribution in [0.4, 0.5) is 0 Å². The third kappa shape index (κ3) is 2.50. The number of piperidine rings is 1. The number of hydrogen-bond donors (Lipinski definition) is 0. The zero-order valence-electron chi connectivity index (χ0n) is 10.6. The van der Waals surface area contributed by atoms with Gasteiger partial charge in [-0.2, -0.15) is 0 Å². The summed E-state index contributed by atoms with van der Waals surface area (Å²) in [4.78, 5) is 19.4. The Morgan fingerprint density at radius 2 is 2.00 bits per heavy atom. The van der Waals surface area contributed by atoms with Crippen molar-refractivity contribution >= 4 is 32.7 Å². The summed E-state index contributed by atoms with van der Waals surface area (Å²) in [6.45, 7) is 1.65. The molecule has 1 aromatic heterocycles. The van der Waals surface area contributed by atoms with Crippen LogP contribution in [0.5, 0.6) is 0 Å². The number of carbonyl (C=O) groups is 1. The van der Waals surface area contributed by atoms with E-state index in [-0.39, 0.29) is 5.91 Å². The van der Waals surface area contributed by atoms with Gasteiger partial charge < -0.3 is 4.90 Å². The summed E-state index contributed by atoms with van der Waals surface area (Å²) in [5, 5.41) is 0.941. The standard InChI is InChI=1S/C15H15BrN2O/c16-11-6-9-18(10-7-11)15(19)13-3-1-5-14-12(13)4-2-8-17-14/h1-5,8,11H,6-7,9-10H2. The quantitative estimate of drug-likeness (QED) is 0.756. The SMILES string of the molecule is O=C(c1cccc2ncccc12)N1CCC(Br)CC1. The lowest BCUT2D eigenvalue weighted by Gasteiger charge is -2.29. The van der Waals surface area contributed by atoms with E-state index in [0.29, 0.717) is 4.83 Å². The number of benzene rings is 1. The van der Waals surface area contributed by atoms with Gasteiger partial charge in [-0.25, -0.2) is 0 Å². The third-order valence-corrected chi connectivity index (χ3v) is 4.50. The van der Waals surface area contributed by atoms with Crippen molar-refractivity contribution in [1.29, 1.82) is 0 Å². The van der Waals surface area contributed by atoms with Gasteiger partial charge in [0.2, 0.25) is 0 Å². The van der Waals surface area contributed by atoms with Crippen LogP contribution in [-0.2, 0) is 0 Å². The molecule has 1 saturated heterocycles. The fraction of sp³-hybridized carbons (Fsp3) is 0.333. The number of halogens is 1. The topological polar surface area (TPSA) is 33.2 Å². The summed E-state index contributed by atoms with van der Waals surface area (Å²) >= 11 is 3.61. The smallest absolute Gasteiger partial charge is 0.254 e. The monoisotopic (exact) mass is 318 g/mol. The molecule has 2 aromatic rings. The van der Waals surface area contributed by atoms with E-state index in [1.807, 2.05) is 35.2 Å². The van der Waals surface area contributed by atoms with Gasteiger partial charge in [-0.05, 0) is 31.0 Å². The number of alkyl halides is 1. The second kappa shape index (κ2) is 5.29. The second-order valence-electron chi connectivity index (χ2n) is 4.84. The summed E-state index contributed by atoms with van der Waals surface area (Å²) in [7, 11) is 0. The fourth-order valence-electron chi connectivity index (χ4n) is 2.51. The Kier molecular flexibility index (Phi) is 3.51. The third-order valence-electron chi connectivity index (χ3n) is 3.59. The molecule has 0 unspecified atom stereocenters. The molecule has 98 valence electrons. The van der Waals surface area contributed by atoms with Crippen molar-refractivity contribution < 1.29 is 4.79 Å². The number of hydrogen-bond acceptors (Lipinski definition) is 2. The Hall–Kier alpha value is -1.42. The molecule has 1 fully saturated rings. The molecule has 2 heterocycles. The van der Waals surface area contributed by atoms with Crippen LogP contribution in [0.15, 0.2) is 36.5 Å². The molecule has 1 aliphatic rings. The Balaban J connectivity index is 1.93. The molecule has 1 amide bonds. The summed E-state index contributed by atoms with van der Waals surface area (Å²) in [6, 6.07) is 9.58. The molecule has 3 nitrogen and oxygen atoms in total. The largest absolute Gasteiger partial charge is 0.339 e. The molecular weight excluding hydrogens is 304 g/mol. The lowest BCUT2D eigenvalue weighted by atomic mass is 10.1. The molecule has 19 heavy (non-hydrogen) atoms. The first-order chi connectivity index (χ1) is 9.25. The van der Waals surface area contributed by atoms with Crippen molar-refractivity contribution in [3.8, 4) is 0 Å². The number of fused-ring (bicyclic) bond motifs is 1. The molecule has 3 rings (SSSR count). The molecule has 0 atom stereocenters. The molecule has 1 aliphatic heterocycles. The van der Waals surface area contributed by atoms with Crippen LogP contribution >= 0.6 is 15.9 Å². The Morgan fingerprint density at radius 1 is 1.21 bits per heavy atom. The van der Waals surface area contributed by atoms with E-state index in [0.717, 1.165) is 42.4 Å². The first-order valence-electron chi connectivity index (χ1n) is 6.53. The number of aromatic nitrogens is 1. The fourth-order valence-corrected chi connectivity index (χ4v) is 2.92. The molecule has 0 radical (unpaired) electrons. The highest BCUT2D eigenvalue weighted by Crippen LogP contribution is 2.22. The van der Waals surface area contributed by atoms with Crippen molar-refractivity contribution in [1.82, 2.24) is 9.88 Å². The van der Waals surface area contributed by atoms with Gasteiger partial charge in [-0.3, -0.25) is 9.78 Å². The van der Waals surface area contributed by atoms with E-state index in [4.69, 9.17) is 0 Å². The predicted octanol–water partition coefficient (Wildman–Crippen LogP) is 3.23. The zero-order chi connectivity index (χ0) is 13.2. The van der Waals surface area contributed by atoms with Crippen LogP contribution in [-0.4, -0.2) is 33.7 Å². The highest BCUT2D eigenvalue weighted by molar-refractivity contribution is 9.09. The number of likely N-dealkylation sites (tertiary alicyclic amines) is 1. The van der Waals surface area contributed by atoms with Crippen molar-refractivity contribution in [2.45, 2.75) is 17.7 Å². The van der Waals surface area contributed by atoms with Crippen LogP contribution < -0.4 is 0 Å². The Morgan fingerprint density at radius 3 is 2.79 bits per heavy atom. The average Bonchev–Trinajstić information content (AvgIpc) is 2.47. The van der Waals surface area contributed by atoms with Crippen molar-refractivity contribution in [2.24, 2.45) is 0 Å². The number of amides is 1. The minimum Gasteiger partial charge on any atom is -0.339 e. The summed E-state index contributed by atoms with van der Waals surface area (Å²) in [5.74, 6) is 0.123. The van der Waals surface area contributed by atoms with Crippen molar-refractivity contribution in [3.63, 3.8) is 0 Å². The first kappa shape index (κ1) is 12.6. The number of nitrogens with zero attached hydrogens (tertiary/aromatic N) is 2. The van der Waals surface area contributed by atoms with Gasteiger partial charge in [0, 0.05) is 35.1 Å². The molecular formula is C15H15BrN2O. The minimum absolute atomic E-state index is 0.123. The average molecular weight is 319 g/mol. The number of carbonyl (C=O) groups excluding carboxylic acids is 1. The normalized spacial score (nSPS) is 16.8. The molecule has 0 spiro atoms. The maximum Gasteiger partial charge on any atom is 0.254 e. The van der Waals surface area contributed by atoms with Gasteiger partial charge in [-0.1, -0.05) is 28.1 Å². The van der Waals surface area contributed by atoms with Crippen molar-refractivity contribution in [2.75, 3.05) is 13.1 Å². The van der Waals surface area contributed by atoms with Crippen LogP contribution in [0.3, 0.4) is 0 Å². The maximum absolute atomic E-state index is 12.6. The lowest BCUT2D eigenvalue weighted by Crippen LogP contribution is -2.38. The Labute approximate surface area is 120 Å². The van der Waals surface area contributed by atoms with E-state index >= 15 is 0 Å². The second-order valence-corrected chi connectivity index (χ2v) is 6.14. The van der Waals surface area contributed by atoms with Crippen LogP contribution in [0.2, 0.25) is 0 Å². The van der Waals surface area contributed by atoms with Gasteiger partial charge in [0.25, 0.3) is 5.91 Å². The van der Waals surface area contributed by atoms with Crippen LogP contribution in [0.25, 0.3) is 10.9 Å². The molecule has 0 bridgehead atoms. The molecule has 1 aromatic carbocycles. The maximum atomic E-state index is 12.6.